The van der Waals surface area contributed by atoms with E-state index in [4.69, 9.17) is 4.74 Å². The number of hydrogen-bond acceptors (Lipinski definition) is 6. The molecule has 3 heterocycles. The van der Waals surface area contributed by atoms with Crippen LogP contribution in [0.25, 0.3) is 0 Å². The molecule has 0 amide bonds. The maximum Gasteiger partial charge on any atom is 0.244 e. The van der Waals surface area contributed by atoms with Gasteiger partial charge in [-0.1, -0.05) is 13.0 Å². The summed E-state index contributed by atoms with van der Waals surface area (Å²) in [7, 11) is -1.47. The van der Waals surface area contributed by atoms with Crippen molar-refractivity contribution in [3.05, 3.63) is 47.7 Å². The van der Waals surface area contributed by atoms with E-state index in [1.54, 1.807) is 10.4 Å². The molecular weight excluding hydrogens is 400 g/mol. The van der Waals surface area contributed by atoms with Crippen LogP contribution in [0.5, 0.6) is 5.75 Å². The van der Waals surface area contributed by atoms with Gasteiger partial charge in [-0.05, 0) is 55.3 Å². The van der Waals surface area contributed by atoms with Gasteiger partial charge in [0.25, 0.3) is 0 Å². The van der Waals surface area contributed by atoms with E-state index in [0.29, 0.717) is 13.1 Å². The minimum absolute atomic E-state index is 0.269. The maximum absolute atomic E-state index is 12.9. The summed E-state index contributed by atoms with van der Waals surface area (Å²) in [4.78, 5) is 9.10. The third-order valence-corrected chi connectivity index (χ3v) is 7.69. The maximum atomic E-state index is 12.9. The minimum atomic E-state index is -3.48. The molecule has 8 heteroatoms. The Morgan fingerprint density at radius 3 is 2.53 bits per heavy atom. The highest BCUT2D eigenvalue weighted by atomic mass is 32.2. The molecule has 0 N–H and O–H groups in total. The third-order valence-electron chi connectivity index (χ3n) is 5.81. The van der Waals surface area contributed by atoms with E-state index >= 15 is 0 Å². The van der Waals surface area contributed by atoms with Crippen molar-refractivity contribution >= 4 is 15.8 Å². The van der Waals surface area contributed by atoms with E-state index in [2.05, 4.69) is 33.8 Å². The molecule has 1 aromatic heterocycles. The fourth-order valence-electron chi connectivity index (χ4n) is 3.92. The molecule has 1 saturated heterocycles. The van der Waals surface area contributed by atoms with Crippen molar-refractivity contribution in [2.75, 3.05) is 51.3 Å². The van der Waals surface area contributed by atoms with Gasteiger partial charge < -0.3 is 14.5 Å². The fourth-order valence-corrected chi connectivity index (χ4v) is 5.29. The molecule has 2 aliphatic heterocycles. The number of fused-ring (bicyclic) bond motifs is 1. The number of sulfonamides is 1. The van der Waals surface area contributed by atoms with Crippen molar-refractivity contribution < 1.29 is 13.2 Å². The van der Waals surface area contributed by atoms with Crippen LogP contribution in [0.3, 0.4) is 0 Å². The Bertz CT molecular complexity index is 970. The van der Waals surface area contributed by atoms with Crippen molar-refractivity contribution in [1.29, 1.82) is 0 Å². The number of pyridine rings is 1. The van der Waals surface area contributed by atoms with Gasteiger partial charge in [-0.25, -0.2) is 13.4 Å². The summed E-state index contributed by atoms with van der Waals surface area (Å²) >= 11 is 0. The van der Waals surface area contributed by atoms with E-state index in [1.165, 1.54) is 17.3 Å². The second-order valence-corrected chi connectivity index (χ2v) is 9.95. The number of nitrogens with zero attached hydrogens (tertiary/aromatic N) is 4. The van der Waals surface area contributed by atoms with Crippen molar-refractivity contribution in [3.8, 4) is 5.75 Å². The zero-order valence-corrected chi connectivity index (χ0v) is 18.6. The molecule has 0 spiro atoms. The molecule has 0 atom stereocenters. The zero-order chi connectivity index (χ0) is 21.1. The van der Waals surface area contributed by atoms with Crippen LogP contribution >= 0.6 is 0 Å². The molecule has 0 bridgehead atoms. The normalized spacial score (nSPS) is 18.3. The van der Waals surface area contributed by atoms with E-state index in [9.17, 15) is 8.42 Å². The Labute approximate surface area is 179 Å². The number of benzene rings is 1. The van der Waals surface area contributed by atoms with Gasteiger partial charge in [0.15, 0.2) is 0 Å². The van der Waals surface area contributed by atoms with Gasteiger partial charge in [-0.2, -0.15) is 4.31 Å². The first-order chi connectivity index (χ1) is 14.5. The molecule has 2 aliphatic rings. The highest BCUT2D eigenvalue weighted by molar-refractivity contribution is 7.89. The molecule has 162 valence electrons. The van der Waals surface area contributed by atoms with Crippen LogP contribution in [0, 0.1) is 0 Å². The van der Waals surface area contributed by atoms with Gasteiger partial charge in [0.2, 0.25) is 10.0 Å². The number of rotatable bonds is 6. The SMILES string of the molecule is CCCOc1ccc2c(c1)CCN(c1ccc(S(=O)(=O)N3CCN(C)CC3)cn1)C2. The number of hydrogen-bond donors (Lipinski definition) is 0. The number of ether oxygens (including phenoxy) is 1. The first-order valence-corrected chi connectivity index (χ1v) is 12.1. The summed E-state index contributed by atoms with van der Waals surface area (Å²) < 4.78 is 33.1. The average Bonchev–Trinajstić information content (AvgIpc) is 2.77. The lowest BCUT2D eigenvalue weighted by molar-refractivity contribution is 0.222. The number of aromatic nitrogens is 1. The van der Waals surface area contributed by atoms with Gasteiger partial charge in [-0.3, -0.25) is 0 Å². The summed E-state index contributed by atoms with van der Waals surface area (Å²) in [6.07, 6.45) is 3.42. The molecule has 0 saturated carbocycles. The van der Waals surface area contributed by atoms with Crippen molar-refractivity contribution in [2.24, 2.45) is 0 Å². The predicted octanol–water partition coefficient (Wildman–Crippen LogP) is 2.37. The van der Waals surface area contributed by atoms with Crippen LogP contribution in [0.1, 0.15) is 24.5 Å². The Morgan fingerprint density at radius 2 is 1.83 bits per heavy atom. The monoisotopic (exact) mass is 430 g/mol. The summed E-state index contributed by atoms with van der Waals surface area (Å²) in [6, 6.07) is 9.80. The van der Waals surface area contributed by atoms with Crippen LogP contribution in [0.15, 0.2) is 41.4 Å². The minimum Gasteiger partial charge on any atom is -0.494 e. The second-order valence-electron chi connectivity index (χ2n) is 8.01. The van der Waals surface area contributed by atoms with E-state index < -0.39 is 10.0 Å². The second kappa shape index (κ2) is 8.91. The topological polar surface area (TPSA) is 66.0 Å². The van der Waals surface area contributed by atoms with Gasteiger partial charge >= 0.3 is 0 Å². The van der Waals surface area contributed by atoms with Crippen LogP contribution in [-0.4, -0.2) is 69.0 Å². The van der Waals surface area contributed by atoms with Crippen molar-refractivity contribution in [1.82, 2.24) is 14.2 Å². The van der Waals surface area contributed by atoms with Crippen molar-refractivity contribution in [2.45, 2.75) is 31.2 Å². The van der Waals surface area contributed by atoms with Crippen LogP contribution in [0.2, 0.25) is 0 Å². The van der Waals surface area contributed by atoms with Gasteiger partial charge in [0.1, 0.15) is 16.5 Å². The lowest BCUT2D eigenvalue weighted by Crippen LogP contribution is -2.47. The molecule has 2 aromatic rings. The first kappa shape index (κ1) is 21.1. The molecule has 0 aliphatic carbocycles. The summed E-state index contributed by atoms with van der Waals surface area (Å²) in [6.45, 7) is 7.00. The smallest absolute Gasteiger partial charge is 0.244 e. The molecule has 0 unspecified atom stereocenters. The third kappa shape index (κ3) is 4.45. The summed E-state index contributed by atoms with van der Waals surface area (Å²) in [5.41, 5.74) is 2.58. The van der Waals surface area contributed by atoms with Gasteiger partial charge in [0.05, 0.1) is 6.61 Å². The van der Waals surface area contributed by atoms with Crippen LogP contribution < -0.4 is 9.64 Å². The molecule has 1 fully saturated rings. The number of likely N-dealkylation sites (N-methyl/N-ethyl adjacent to an activating group) is 1. The van der Waals surface area contributed by atoms with Gasteiger partial charge in [-0.15, -0.1) is 0 Å². The average molecular weight is 431 g/mol. The molecule has 7 nitrogen and oxygen atoms in total. The number of anilines is 1. The highest BCUT2D eigenvalue weighted by Gasteiger charge is 2.28. The zero-order valence-electron chi connectivity index (χ0n) is 17.7. The van der Waals surface area contributed by atoms with E-state index in [0.717, 1.165) is 57.2 Å². The standard InChI is InChI=1S/C22H30N4O3S/c1-3-14-29-20-5-4-19-17-25(9-8-18(19)15-20)22-7-6-21(16-23-22)30(27,28)26-12-10-24(2)11-13-26/h4-7,15-16H,3,8-14,17H2,1-2H3. The summed E-state index contributed by atoms with van der Waals surface area (Å²) in [5.74, 6) is 1.74. The lowest BCUT2D eigenvalue weighted by Gasteiger charge is -2.32. The molecule has 0 radical (unpaired) electrons. The van der Waals surface area contributed by atoms with Crippen LogP contribution in [0.4, 0.5) is 5.82 Å². The first-order valence-electron chi connectivity index (χ1n) is 10.6. The predicted molar refractivity (Wildman–Crippen MR) is 117 cm³/mol. The molecule has 30 heavy (non-hydrogen) atoms. The van der Waals surface area contributed by atoms with E-state index in [1.807, 2.05) is 19.2 Å². The number of piperazine rings is 1. The van der Waals surface area contributed by atoms with Gasteiger partial charge in [0, 0.05) is 45.5 Å². The Balaban J connectivity index is 1.45. The van der Waals surface area contributed by atoms with Crippen molar-refractivity contribution in [3.63, 3.8) is 0 Å². The molecule has 1 aromatic carbocycles. The summed E-state index contributed by atoms with van der Waals surface area (Å²) in [5, 5.41) is 0. The Kier molecular flexibility index (Phi) is 6.26. The fraction of sp³-hybridized carbons (Fsp3) is 0.500. The largest absolute Gasteiger partial charge is 0.494 e. The quantitative estimate of drug-likeness (QED) is 0.701. The molecular formula is C22H30N4O3S. The van der Waals surface area contributed by atoms with E-state index in [-0.39, 0.29) is 4.90 Å². The highest BCUT2D eigenvalue weighted by Crippen LogP contribution is 2.27. The lowest BCUT2D eigenvalue weighted by atomic mass is 9.99. The Hall–Kier alpha value is -2.16. The molecule has 4 rings (SSSR count). The Morgan fingerprint density at radius 1 is 1.03 bits per heavy atom. The van der Waals surface area contributed by atoms with Crippen LogP contribution in [-0.2, 0) is 23.0 Å².